The first-order valence-electron chi connectivity index (χ1n) is 5.59. The Kier molecular flexibility index (Phi) is 6.65. The predicted molar refractivity (Wildman–Crippen MR) is 65.6 cm³/mol. The molecular weight excluding hydrogens is 220 g/mol. The van der Waals surface area contributed by atoms with Crippen LogP contribution in [-0.2, 0) is 6.42 Å². The Hall–Kier alpha value is -0.570. The summed E-state index contributed by atoms with van der Waals surface area (Å²) in [7, 11) is 6.72. The fourth-order valence-corrected chi connectivity index (χ4v) is 1.84. The molecule has 16 heavy (non-hydrogen) atoms. The minimum Gasteiger partial charge on any atom is -1.00 e. The third-order valence-electron chi connectivity index (χ3n) is 2.91. The maximum Gasteiger partial charge on any atom is 0.0937 e. The Morgan fingerprint density at radius 2 is 1.69 bits per heavy atom. The number of quaternary nitrogens is 1. The van der Waals surface area contributed by atoms with Gasteiger partial charge in [-0.1, -0.05) is 30.3 Å². The molecule has 1 rings (SSSR count). The van der Waals surface area contributed by atoms with Crippen molar-refractivity contribution in [2.75, 3.05) is 27.7 Å². The smallest absolute Gasteiger partial charge is 0.0937 e. The van der Waals surface area contributed by atoms with Crippen LogP contribution >= 0.6 is 0 Å². The zero-order valence-electron chi connectivity index (χ0n) is 10.5. The first kappa shape index (κ1) is 15.4. The maximum absolute atomic E-state index is 5.67. The van der Waals surface area contributed by atoms with Gasteiger partial charge in [0.2, 0.25) is 0 Å². The van der Waals surface area contributed by atoms with Crippen LogP contribution in [0.3, 0.4) is 0 Å². The van der Waals surface area contributed by atoms with E-state index in [0.717, 1.165) is 23.9 Å². The van der Waals surface area contributed by atoms with Crippen LogP contribution < -0.4 is 18.1 Å². The minimum absolute atomic E-state index is 0. The summed E-state index contributed by atoms with van der Waals surface area (Å²) in [4.78, 5) is 0. The lowest BCUT2D eigenvalue weighted by Gasteiger charge is -2.34. The first-order chi connectivity index (χ1) is 7.04. The van der Waals surface area contributed by atoms with Crippen LogP contribution in [0.5, 0.6) is 0 Å². The average molecular weight is 243 g/mol. The van der Waals surface area contributed by atoms with Crippen LogP contribution in [0.15, 0.2) is 30.3 Å². The van der Waals surface area contributed by atoms with E-state index in [0.29, 0.717) is 6.04 Å². The summed E-state index contributed by atoms with van der Waals surface area (Å²) in [6.45, 7) is 0.771. The molecule has 0 spiro atoms. The molecule has 0 saturated heterocycles. The third kappa shape index (κ3) is 4.97. The summed E-state index contributed by atoms with van der Waals surface area (Å²) >= 11 is 0. The van der Waals surface area contributed by atoms with Crippen molar-refractivity contribution in [2.45, 2.75) is 18.9 Å². The second kappa shape index (κ2) is 6.89. The van der Waals surface area contributed by atoms with Crippen molar-refractivity contribution in [3.8, 4) is 0 Å². The minimum atomic E-state index is 0. The van der Waals surface area contributed by atoms with E-state index in [1.807, 2.05) is 0 Å². The number of nitrogens with two attached hydrogens (primary N) is 1. The van der Waals surface area contributed by atoms with Crippen LogP contribution in [0.25, 0.3) is 0 Å². The fourth-order valence-electron chi connectivity index (χ4n) is 1.84. The van der Waals surface area contributed by atoms with Crippen LogP contribution in [0.4, 0.5) is 0 Å². The molecule has 0 saturated carbocycles. The van der Waals surface area contributed by atoms with Crippen molar-refractivity contribution in [3.63, 3.8) is 0 Å². The number of rotatable bonds is 5. The zero-order chi connectivity index (χ0) is 11.3. The maximum atomic E-state index is 5.67. The number of benzene rings is 1. The molecule has 0 fully saturated rings. The van der Waals surface area contributed by atoms with Gasteiger partial charge in [0.15, 0.2) is 0 Å². The molecule has 0 radical (unpaired) electrons. The van der Waals surface area contributed by atoms with Crippen molar-refractivity contribution in [3.05, 3.63) is 35.9 Å². The van der Waals surface area contributed by atoms with Gasteiger partial charge in [-0.25, -0.2) is 0 Å². The molecule has 1 aromatic rings. The number of likely N-dealkylation sites (N-methyl/N-ethyl adjacent to an activating group) is 1. The van der Waals surface area contributed by atoms with E-state index in [1.165, 1.54) is 5.56 Å². The van der Waals surface area contributed by atoms with Gasteiger partial charge >= 0.3 is 0 Å². The van der Waals surface area contributed by atoms with E-state index in [9.17, 15) is 0 Å². The molecule has 0 aromatic heterocycles. The fraction of sp³-hybridized carbons (Fsp3) is 0.538. The lowest BCUT2D eigenvalue weighted by atomic mass is 10.0. The number of hydrogen-bond acceptors (Lipinski definition) is 1. The normalized spacial score (nSPS) is 13.0. The van der Waals surface area contributed by atoms with E-state index in [4.69, 9.17) is 5.73 Å². The highest BCUT2D eigenvalue weighted by atomic mass is 35.5. The zero-order valence-corrected chi connectivity index (χ0v) is 11.2. The number of halogens is 1. The Balaban J connectivity index is 0.00000225. The standard InChI is InChI=1S/C13H23N2.ClH/c1-15(2,3)13(9-10-14)11-12-7-5-4-6-8-12;/h4-8,13H,9-11,14H2,1-3H3;1H/q+1;/p-1. The van der Waals surface area contributed by atoms with E-state index in [1.54, 1.807) is 0 Å². The van der Waals surface area contributed by atoms with Crippen molar-refractivity contribution >= 4 is 0 Å². The van der Waals surface area contributed by atoms with Gasteiger partial charge in [0.25, 0.3) is 0 Å². The summed E-state index contributed by atoms with van der Waals surface area (Å²) in [5, 5.41) is 0. The van der Waals surface area contributed by atoms with E-state index in [2.05, 4.69) is 51.5 Å². The van der Waals surface area contributed by atoms with Crippen molar-refractivity contribution in [1.82, 2.24) is 0 Å². The van der Waals surface area contributed by atoms with Gasteiger partial charge in [-0.15, -0.1) is 0 Å². The van der Waals surface area contributed by atoms with Crippen LogP contribution in [0, 0.1) is 0 Å². The van der Waals surface area contributed by atoms with Crippen LogP contribution in [0.1, 0.15) is 12.0 Å². The lowest BCUT2D eigenvalue weighted by molar-refractivity contribution is -0.896. The Morgan fingerprint density at radius 1 is 1.12 bits per heavy atom. The number of nitrogens with zero attached hydrogens (tertiary/aromatic N) is 1. The topological polar surface area (TPSA) is 26.0 Å². The summed E-state index contributed by atoms with van der Waals surface area (Å²) in [6.07, 6.45) is 2.19. The highest BCUT2D eigenvalue weighted by Crippen LogP contribution is 2.13. The summed E-state index contributed by atoms with van der Waals surface area (Å²) in [6, 6.07) is 11.3. The van der Waals surface area contributed by atoms with Crippen molar-refractivity contribution in [2.24, 2.45) is 5.73 Å². The highest BCUT2D eigenvalue weighted by molar-refractivity contribution is 5.15. The molecule has 0 heterocycles. The van der Waals surface area contributed by atoms with E-state index in [-0.39, 0.29) is 12.4 Å². The van der Waals surface area contributed by atoms with E-state index >= 15 is 0 Å². The lowest BCUT2D eigenvalue weighted by Crippen LogP contribution is -3.00. The van der Waals surface area contributed by atoms with Crippen molar-refractivity contribution in [1.29, 1.82) is 0 Å². The molecule has 2 nitrogen and oxygen atoms in total. The molecule has 2 N–H and O–H groups in total. The molecule has 3 heteroatoms. The van der Waals surface area contributed by atoms with Gasteiger partial charge in [0.05, 0.1) is 27.2 Å². The summed E-state index contributed by atoms with van der Waals surface area (Å²) in [5.74, 6) is 0. The van der Waals surface area contributed by atoms with Crippen LogP contribution in [-0.4, -0.2) is 38.2 Å². The average Bonchev–Trinajstić information content (AvgIpc) is 2.17. The predicted octanol–water partition coefficient (Wildman–Crippen LogP) is -1.34. The quantitative estimate of drug-likeness (QED) is 0.636. The molecule has 0 aliphatic carbocycles. The molecule has 0 aliphatic heterocycles. The highest BCUT2D eigenvalue weighted by Gasteiger charge is 2.22. The molecule has 92 valence electrons. The SMILES string of the molecule is C[N+](C)(C)C(CCN)Cc1ccccc1.[Cl-]. The molecular formula is C13H23ClN2. The Labute approximate surface area is 105 Å². The first-order valence-corrected chi connectivity index (χ1v) is 5.59. The van der Waals surface area contributed by atoms with Gasteiger partial charge in [0, 0.05) is 12.8 Å². The number of hydrogen-bond donors (Lipinski definition) is 1. The largest absolute Gasteiger partial charge is 1.00 e. The summed E-state index contributed by atoms with van der Waals surface area (Å²) < 4.78 is 0.978. The molecule has 1 aromatic carbocycles. The third-order valence-corrected chi connectivity index (χ3v) is 2.91. The van der Waals surface area contributed by atoms with Gasteiger partial charge in [0.1, 0.15) is 0 Å². The second-order valence-electron chi connectivity index (χ2n) is 5.04. The van der Waals surface area contributed by atoms with Crippen molar-refractivity contribution < 1.29 is 16.9 Å². The molecule has 1 unspecified atom stereocenters. The van der Waals surface area contributed by atoms with E-state index < -0.39 is 0 Å². The van der Waals surface area contributed by atoms with Crippen LogP contribution in [0.2, 0.25) is 0 Å². The summed E-state index contributed by atoms with van der Waals surface area (Å²) in [5.41, 5.74) is 7.08. The van der Waals surface area contributed by atoms with Gasteiger partial charge in [-0.2, -0.15) is 0 Å². The van der Waals surface area contributed by atoms with Gasteiger partial charge < -0.3 is 22.6 Å². The Morgan fingerprint density at radius 3 is 2.12 bits per heavy atom. The monoisotopic (exact) mass is 242 g/mol. The molecule has 1 atom stereocenters. The van der Waals surface area contributed by atoms with Gasteiger partial charge in [-0.3, -0.25) is 0 Å². The second-order valence-corrected chi connectivity index (χ2v) is 5.04. The molecule has 0 aliphatic rings. The van der Waals surface area contributed by atoms with Gasteiger partial charge in [-0.05, 0) is 12.1 Å². The molecule has 0 bridgehead atoms. The Bertz CT molecular complexity index is 280. The molecule has 0 amide bonds.